The van der Waals surface area contributed by atoms with E-state index >= 15 is 0 Å². The maximum absolute atomic E-state index is 12.7. The van der Waals surface area contributed by atoms with E-state index in [-0.39, 0.29) is 36.1 Å². The molecule has 1 saturated carbocycles. The average molecular weight is 383 g/mol. The van der Waals surface area contributed by atoms with Gasteiger partial charge in [-0.05, 0) is 30.9 Å². The van der Waals surface area contributed by atoms with Crippen LogP contribution in [0.3, 0.4) is 0 Å². The Balaban J connectivity index is 1.30. The molecule has 28 heavy (non-hydrogen) atoms. The SMILES string of the molecule is Cc1ccccc1CN1CCN(C(=O)CN2C(=O)C3CCCCC3C2=O)CC1. The molecular formula is C22H29N3O3. The number of hydrogen-bond donors (Lipinski definition) is 0. The van der Waals surface area contributed by atoms with Crippen molar-refractivity contribution in [3.05, 3.63) is 35.4 Å². The van der Waals surface area contributed by atoms with Crippen LogP contribution in [0.2, 0.25) is 0 Å². The Bertz CT molecular complexity index is 746. The lowest BCUT2D eigenvalue weighted by molar-refractivity contribution is -0.147. The molecule has 0 radical (unpaired) electrons. The molecule has 1 aromatic carbocycles. The van der Waals surface area contributed by atoms with Gasteiger partial charge in [0.15, 0.2) is 0 Å². The third-order valence-corrected chi connectivity index (χ3v) is 6.61. The maximum Gasteiger partial charge on any atom is 0.242 e. The van der Waals surface area contributed by atoms with Crippen molar-refractivity contribution in [3.63, 3.8) is 0 Å². The quantitative estimate of drug-likeness (QED) is 0.744. The normalized spacial score (nSPS) is 25.9. The summed E-state index contributed by atoms with van der Waals surface area (Å²) in [5.74, 6) is -0.710. The van der Waals surface area contributed by atoms with Crippen LogP contribution < -0.4 is 0 Å². The van der Waals surface area contributed by atoms with E-state index in [4.69, 9.17) is 0 Å². The van der Waals surface area contributed by atoms with E-state index in [0.717, 1.165) is 45.3 Å². The zero-order valence-electron chi connectivity index (χ0n) is 16.6. The van der Waals surface area contributed by atoms with Gasteiger partial charge in [-0.2, -0.15) is 0 Å². The number of nitrogens with zero attached hydrogens (tertiary/aromatic N) is 3. The second-order valence-electron chi connectivity index (χ2n) is 8.34. The molecular weight excluding hydrogens is 354 g/mol. The van der Waals surface area contributed by atoms with E-state index in [1.165, 1.54) is 16.0 Å². The summed E-state index contributed by atoms with van der Waals surface area (Å²) in [5, 5.41) is 0. The van der Waals surface area contributed by atoms with E-state index in [0.29, 0.717) is 13.1 Å². The molecule has 0 aromatic heterocycles. The van der Waals surface area contributed by atoms with E-state index < -0.39 is 0 Å². The molecule has 4 rings (SSSR count). The summed E-state index contributed by atoms with van der Waals surface area (Å²) in [6, 6.07) is 8.38. The van der Waals surface area contributed by atoms with Crippen LogP contribution in [0, 0.1) is 18.8 Å². The van der Waals surface area contributed by atoms with Gasteiger partial charge in [0.05, 0.1) is 11.8 Å². The van der Waals surface area contributed by atoms with E-state index in [2.05, 4.69) is 30.0 Å². The number of benzene rings is 1. The summed E-state index contributed by atoms with van der Waals surface area (Å²) in [4.78, 5) is 43.3. The summed E-state index contributed by atoms with van der Waals surface area (Å²) in [6.45, 7) is 5.85. The highest BCUT2D eigenvalue weighted by Gasteiger charge is 2.48. The highest BCUT2D eigenvalue weighted by molar-refractivity contribution is 6.07. The molecule has 2 saturated heterocycles. The van der Waals surface area contributed by atoms with Gasteiger partial charge in [-0.3, -0.25) is 24.2 Å². The Kier molecular flexibility index (Phi) is 5.49. The molecule has 2 heterocycles. The second-order valence-corrected chi connectivity index (χ2v) is 8.34. The van der Waals surface area contributed by atoms with Gasteiger partial charge in [0.1, 0.15) is 6.54 Å². The molecule has 2 unspecified atom stereocenters. The van der Waals surface area contributed by atoms with Crippen molar-refractivity contribution in [2.75, 3.05) is 32.7 Å². The monoisotopic (exact) mass is 383 g/mol. The minimum Gasteiger partial charge on any atom is -0.339 e. The molecule has 2 aliphatic heterocycles. The smallest absolute Gasteiger partial charge is 0.242 e. The zero-order chi connectivity index (χ0) is 19.7. The number of fused-ring (bicyclic) bond motifs is 1. The van der Waals surface area contributed by atoms with Gasteiger partial charge in [-0.25, -0.2) is 0 Å². The molecule has 3 amide bonds. The molecule has 6 nitrogen and oxygen atoms in total. The molecule has 6 heteroatoms. The highest BCUT2D eigenvalue weighted by atomic mass is 16.2. The van der Waals surface area contributed by atoms with Gasteiger partial charge in [-0.15, -0.1) is 0 Å². The van der Waals surface area contributed by atoms with Crippen LogP contribution in [0.15, 0.2) is 24.3 Å². The molecule has 150 valence electrons. The van der Waals surface area contributed by atoms with Crippen molar-refractivity contribution < 1.29 is 14.4 Å². The first-order valence-corrected chi connectivity index (χ1v) is 10.4. The van der Waals surface area contributed by atoms with Crippen LogP contribution >= 0.6 is 0 Å². The van der Waals surface area contributed by atoms with E-state index in [1.807, 2.05) is 6.07 Å². The van der Waals surface area contributed by atoms with Gasteiger partial charge in [0.2, 0.25) is 17.7 Å². The van der Waals surface area contributed by atoms with Crippen molar-refractivity contribution in [1.82, 2.24) is 14.7 Å². The van der Waals surface area contributed by atoms with E-state index in [9.17, 15) is 14.4 Å². The molecule has 1 aliphatic carbocycles. The second kappa shape index (κ2) is 8.03. The molecule has 0 spiro atoms. The summed E-state index contributed by atoms with van der Waals surface area (Å²) in [5.41, 5.74) is 2.60. The third-order valence-electron chi connectivity index (χ3n) is 6.61. The topological polar surface area (TPSA) is 60.9 Å². The Morgan fingerprint density at radius 2 is 1.57 bits per heavy atom. The van der Waals surface area contributed by atoms with Crippen LogP contribution in [-0.4, -0.2) is 65.1 Å². The van der Waals surface area contributed by atoms with Gasteiger partial charge in [0, 0.05) is 32.7 Å². The average Bonchev–Trinajstić information content (AvgIpc) is 2.95. The molecule has 0 bridgehead atoms. The third kappa shape index (κ3) is 3.70. The minimum atomic E-state index is -0.181. The van der Waals surface area contributed by atoms with Crippen molar-refractivity contribution in [1.29, 1.82) is 0 Å². The van der Waals surface area contributed by atoms with Crippen LogP contribution in [0.25, 0.3) is 0 Å². The number of hydrogen-bond acceptors (Lipinski definition) is 4. The molecule has 3 fully saturated rings. The highest BCUT2D eigenvalue weighted by Crippen LogP contribution is 2.37. The number of carbonyl (C=O) groups is 3. The minimum absolute atomic E-state index is 0.0809. The zero-order valence-corrected chi connectivity index (χ0v) is 16.6. The Labute approximate surface area is 166 Å². The lowest BCUT2D eigenvalue weighted by atomic mass is 9.81. The van der Waals surface area contributed by atoms with Crippen molar-refractivity contribution in [2.24, 2.45) is 11.8 Å². The standard InChI is InChI=1S/C22H29N3O3/c1-16-6-2-3-7-17(16)14-23-10-12-24(13-11-23)20(26)15-25-21(27)18-8-4-5-9-19(18)22(25)28/h2-3,6-7,18-19H,4-5,8-15H2,1H3. The predicted octanol–water partition coefficient (Wildman–Crippen LogP) is 1.81. The number of likely N-dealkylation sites (tertiary alicyclic amines) is 1. The first-order valence-electron chi connectivity index (χ1n) is 10.4. The Hall–Kier alpha value is -2.21. The van der Waals surface area contributed by atoms with Gasteiger partial charge >= 0.3 is 0 Å². The lowest BCUT2D eigenvalue weighted by Crippen LogP contribution is -2.51. The predicted molar refractivity (Wildman–Crippen MR) is 105 cm³/mol. The lowest BCUT2D eigenvalue weighted by Gasteiger charge is -2.35. The fourth-order valence-electron chi connectivity index (χ4n) is 4.81. The van der Waals surface area contributed by atoms with Crippen molar-refractivity contribution >= 4 is 17.7 Å². The Morgan fingerprint density at radius 1 is 0.964 bits per heavy atom. The van der Waals surface area contributed by atoms with Crippen molar-refractivity contribution in [3.8, 4) is 0 Å². The van der Waals surface area contributed by atoms with Gasteiger partial charge < -0.3 is 4.90 Å². The number of amides is 3. The van der Waals surface area contributed by atoms with Crippen LogP contribution in [0.5, 0.6) is 0 Å². The number of piperazine rings is 1. The molecule has 2 atom stereocenters. The molecule has 1 aromatic rings. The van der Waals surface area contributed by atoms with Crippen molar-refractivity contribution in [2.45, 2.75) is 39.2 Å². The number of imide groups is 1. The first-order chi connectivity index (χ1) is 13.5. The largest absolute Gasteiger partial charge is 0.339 e. The Morgan fingerprint density at radius 3 is 2.18 bits per heavy atom. The maximum atomic E-state index is 12.7. The fourth-order valence-corrected chi connectivity index (χ4v) is 4.81. The van der Waals surface area contributed by atoms with Crippen LogP contribution in [0.1, 0.15) is 36.8 Å². The summed E-state index contributed by atoms with van der Waals surface area (Å²) >= 11 is 0. The number of aryl methyl sites for hydroxylation is 1. The van der Waals surface area contributed by atoms with Crippen LogP contribution in [-0.2, 0) is 20.9 Å². The first kappa shape index (κ1) is 19.1. The fraction of sp³-hybridized carbons (Fsp3) is 0.591. The van der Waals surface area contributed by atoms with E-state index in [1.54, 1.807) is 4.90 Å². The number of carbonyl (C=O) groups excluding carboxylic acids is 3. The molecule has 0 N–H and O–H groups in total. The van der Waals surface area contributed by atoms with Gasteiger partial charge in [-0.1, -0.05) is 37.1 Å². The molecule has 3 aliphatic rings. The van der Waals surface area contributed by atoms with Gasteiger partial charge in [0.25, 0.3) is 0 Å². The summed E-state index contributed by atoms with van der Waals surface area (Å²) in [6.07, 6.45) is 3.59. The summed E-state index contributed by atoms with van der Waals surface area (Å²) in [7, 11) is 0. The number of rotatable bonds is 4. The summed E-state index contributed by atoms with van der Waals surface area (Å²) < 4.78 is 0. The van der Waals surface area contributed by atoms with Crippen LogP contribution in [0.4, 0.5) is 0 Å².